The number of rotatable bonds is 9. The van der Waals surface area contributed by atoms with Crippen molar-refractivity contribution in [2.24, 2.45) is 0 Å². The van der Waals surface area contributed by atoms with Gasteiger partial charge >= 0.3 is 0 Å². The number of para-hydroxylation sites is 1. The predicted molar refractivity (Wildman–Crippen MR) is 314 cm³/mol. The molecule has 0 aromatic heterocycles. The van der Waals surface area contributed by atoms with E-state index < -0.39 is 0 Å². The van der Waals surface area contributed by atoms with Gasteiger partial charge < -0.3 is 9.80 Å². The second-order valence-electron chi connectivity index (χ2n) is 19.5. The Kier molecular flexibility index (Phi) is 10.7. The third-order valence-corrected chi connectivity index (χ3v) is 15.4. The molecule has 14 rings (SSSR count). The third kappa shape index (κ3) is 7.42. The van der Waals surface area contributed by atoms with E-state index >= 15 is 0 Å². The molecule has 0 bridgehead atoms. The average Bonchev–Trinajstić information content (AvgIpc) is 3.81. The molecule has 0 radical (unpaired) electrons. The summed E-state index contributed by atoms with van der Waals surface area (Å²) >= 11 is 0. The third-order valence-electron chi connectivity index (χ3n) is 15.4. The topological polar surface area (TPSA) is 6.48 Å². The number of fused-ring (bicyclic) bond motifs is 6. The zero-order valence-electron chi connectivity index (χ0n) is 40.8. The van der Waals surface area contributed by atoms with E-state index in [4.69, 9.17) is 0 Å². The summed E-state index contributed by atoms with van der Waals surface area (Å²) in [4.78, 5) is 4.97. The van der Waals surface area contributed by atoms with Gasteiger partial charge in [-0.1, -0.05) is 237 Å². The van der Waals surface area contributed by atoms with Crippen molar-refractivity contribution in [3.63, 3.8) is 0 Å². The first kappa shape index (κ1) is 43.3. The van der Waals surface area contributed by atoms with E-state index in [-0.39, 0.29) is 12.0 Å². The quantitative estimate of drug-likeness (QED) is 0.133. The maximum Gasteiger partial charge on any atom is 0.0630 e. The highest BCUT2D eigenvalue weighted by molar-refractivity contribution is 6.24. The van der Waals surface area contributed by atoms with Crippen molar-refractivity contribution in [1.29, 1.82) is 0 Å². The Morgan fingerprint density at radius 1 is 0.338 bits per heavy atom. The van der Waals surface area contributed by atoms with Gasteiger partial charge in [-0.3, -0.25) is 0 Å². The van der Waals surface area contributed by atoms with E-state index in [9.17, 15) is 0 Å². The van der Waals surface area contributed by atoms with Gasteiger partial charge in [0.2, 0.25) is 0 Å². The highest BCUT2D eigenvalue weighted by Crippen LogP contribution is 2.52. The Balaban J connectivity index is 0.878. The summed E-state index contributed by atoms with van der Waals surface area (Å²) in [5, 5.41) is 7.36. The zero-order chi connectivity index (χ0) is 49.0. The predicted octanol–water partition coefficient (Wildman–Crippen LogP) is 19.5. The van der Waals surface area contributed by atoms with E-state index in [0.717, 1.165) is 17.1 Å². The molecule has 1 aliphatic heterocycles. The summed E-state index contributed by atoms with van der Waals surface area (Å²) in [7, 11) is 0. The molecule has 74 heavy (non-hydrogen) atoms. The van der Waals surface area contributed by atoms with Gasteiger partial charge in [0, 0.05) is 34.1 Å². The van der Waals surface area contributed by atoms with Crippen LogP contribution in [-0.2, 0) is 0 Å². The molecule has 0 fully saturated rings. The van der Waals surface area contributed by atoms with Crippen molar-refractivity contribution in [3.8, 4) is 44.5 Å². The molecule has 348 valence electrons. The molecule has 1 heterocycles. The molecule has 2 aliphatic rings. The Labute approximate surface area is 432 Å². The monoisotopic (exact) mass is 942 g/mol. The fourth-order valence-corrected chi connectivity index (χ4v) is 12.0. The molecule has 0 spiro atoms. The number of anilines is 5. The molecule has 2 heteroatoms. The van der Waals surface area contributed by atoms with Crippen LogP contribution in [-0.4, -0.2) is 6.04 Å². The van der Waals surface area contributed by atoms with E-state index in [1.54, 1.807) is 0 Å². The van der Waals surface area contributed by atoms with Gasteiger partial charge in [-0.15, -0.1) is 0 Å². The molecular formula is C72H50N2. The first-order valence-corrected chi connectivity index (χ1v) is 25.7. The maximum absolute atomic E-state index is 2.55. The SMILES string of the molecule is C1=CC2C(C=C1c1ccccc1)c1cc(-c3ccccc3)ccc1N2c1ccc(N(c2ccccc2)c2cccc3c(-c4c5ccccc5c(-c5ccc(-c6ccccc6)cc5)c5ccccc45)cccc23)cc1. The molecule has 2 unspecified atom stereocenters. The van der Waals surface area contributed by atoms with Crippen molar-refractivity contribution in [1.82, 2.24) is 0 Å². The van der Waals surface area contributed by atoms with Crippen LogP contribution in [0, 0.1) is 0 Å². The minimum absolute atomic E-state index is 0.137. The summed E-state index contributed by atoms with van der Waals surface area (Å²) in [5.74, 6) is 0.191. The van der Waals surface area contributed by atoms with Crippen LogP contribution in [0.5, 0.6) is 0 Å². The molecule has 2 atom stereocenters. The Morgan fingerprint density at radius 3 is 1.47 bits per heavy atom. The highest BCUT2D eigenvalue weighted by Gasteiger charge is 2.39. The van der Waals surface area contributed by atoms with E-state index in [2.05, 4.69) is 301 Å². The summed E-state index contributed by atoms with van der Waals surface area (Å²) in [5.41, 5.74) is 19.4. The summed E-state index contributed by atoms with van der Waals surface area (Å²) in [6.07, 6.45) is 7.22. The van der Waals surface area contributed by atoms with Crippen LogP contribution in [0.4, 0.5) is 28.4 Å². The van der Waals surface area contributed by atoms with Gasteiger partial charge in [-0.2, -0.15) is 0 Å². The molecule has 2 nitrogen and oxygen atoms in total. The van der Waals surface area contributed by atoms with Gasteiger partial charge in [0.25, 0.3) is 0 Å². The zero-order valence-corrected chi connectivity index (χ0v) is 40.8. The van der Waals surface area contributed by atoms with E-state index in [0.29, 0.717) is 0 Å². The second kappa shape index (κ2) is 18.3. The van der Waals surface area contributed by atoms with Gasteiger partial charge in [0.1, 0.15) is 0 Å². The summed E-state index contributed by atoms with van der Waals surface area (Å²) in [6.45, 7) is 0. The number of hydrogen-bond acceptors (Lipinski definition) is 2. The number of benzene rings is 12. The van der Waals surface area contributed by atoms with Crippen molar-refractivity contribution < 1.29 is 0 Å². The minimum atomic E-state index is 0.137. The Hall–Kier alpha value is -9.50. The first-order valence-electron chi connectivity index (χ1n) is 25.7. The molecule has 0 saturated heterocycles. The Bertz CT molecular complexity index is 4050. The molecule has 0 amide bonds. The average molecular weight is 943 g/mol. The molecule has 12 aromatic rings. The molecular weight excluding hydrogens is 893 g/mol. The Morgan fingerprint density at radius 2 is 0.824 bits per heavy atom. The van der Waals surface area contributed by atoms with Gasteiger partial charge in [0.15, 0.2) is 0 Å². The van der Waals surface area contributed by atoms with Crippen LogP contribution >= 0.6 is 0 Å². The maximum atomic E-state index is 2.55. The lowest BCUT2D eigenvalue weighted by atomic mass is 9.84. The van der Waals surface area contributed by atoms with Crippen molar-refractivity contribution in [3.05, 3.63) is 302 Å². The molecule has 0 saturated carbocycles. The van der Waals surface area contributed by atoms with Gasteiger partial charge in [-0.25, -0.2) is 0 Å². The van der Waals surface area contributed by atoms with E-state index in [1.807, 2.05) is 0 Å². The van der Waals surface area contributed by atoms with Crippen LogP contribution in [0.25, 0.3) is 82.4 Å². The van der Waals surface area contributed by atoms with Crippen LogP contribution in [0.1, 0.15) is 17.0 Å². The first-order chi connectivity index (χ1) is 36.7. The highest BCUT2D eigenvalue weighted by atomic mass is 15.2. The molecule has 1 aliphatic carbocycles. The van der Waals surface area contributed by atoms with Crippen LogP contribution in [0.3, 0.4) is 0 Å². The van der Waals surface area contributed by atoms with Crippen LogP contribution in [0.2, 0.25) is 0 Å². The van der Waals surface area contributed by atoms with Crippen LogP contribution in [0.15, 0.2) is 291 Å². The molecule has 0 N–H and O–H groups in total. The van der Waals surface area contributed by atoms with Crippen molar-refractivity contribution >= 4 is 66.3 Å². The lowest BCUT2D eigenvalue weighted by Crippen LogP contribution is -2.29. The van der Waals surface area contributed by atoms with E-state index in [1.165, 1.54) is 105 Å². The largest absolute Gasteiger partial charge is 0.333 e. The minimum Gasteiger partial charge on any atom is -0.333 e. The number of hydrogen-bond donors (Lipinski definition) is 0. The summed E-state index contributed by atoms with van der Waals surface area (Å²) in [6, 6.07) is 100. The fraction of sp³-hybridized carbons (Fsp3) is 0.0278. The number of nitrogens with zero attached hydrogens (tertiary/aromatic N) is 2. The number of allylic oxidation sites excluding steroid dienone is 2. The van der Waals surface area contributed by atoms with Crippen LogP contribution < -0.4 is 9.80 Å². The normalized spacial score (nSPS) is 14.8. The van der Waals surface area contributed by atoms with Gasteiger partial charge in [-0.05, 0) is 143 Å². The van der Waals surface area contributed by atoms with Crippen molar-refractivity contribution in [2.45, 2.75) is 12.0 Å². The molecule has 12 aromatic carbocycles. The standard InChI is InChI=1S/C72H50N2/c1-5-19-49(20-6-1)52-35-37-53(38-36-52)71-62-27-13-15-29-64(62)72(65-30-16-14-28-63(65)71)61-33-17-32-60-59(61)31-18-34-68(60)73(56-25-11-4-12-26-56)57-41-43-58(44-42-57)74-69-45-39-54(50-21-7-2-8-22-50)47-66(69)67-48-55(40-46-70(67)74)51-23-9-3-10-24-51/h1-48,66,69H. The second-order valence-corrected chi connectivity index (χ2v) is 19.5. The lowest BCUT2D eigenvalue weighted by Gasteiger charge is -2.31. The smallest absolute Gasteiger partial charge is 0.0630 e. The van der Waals surface area contributed by atoms with Gasteiger partial charge in [0.05, 0.1) is 11.7 Å². The fourth-order valence-electron chi connectivity index (χ4n) is 12.0. The van der Waals surface area contributed by atoms with Crippen molar-refractivity contribution in [2.75, 3.05) is 9.80 Å². The lowest BCUT2D eigenvalue weighted by molar-refractivity contribution is 0.747. The summed E-state index contributed by atoms with van der Waals surface area (Å²) < 4.78 is 0.